The van der Waals surface area contributed by atoms with Crippen LogP contribution in [0.3, 0.4) is 0 Å². The van der Waals surface area contributed by atoms with Crippen LogP contribution in [0.15, 0.2) is 35.5 Å². The predicted octanol–water partition coefficient (Wildman–Crippen LogP) is 3.75. The van der Waals surface area contributed by atoms with Crippen molar-refractivity contribution in [3.8, 4) is 0 Å². The van der Waals surface area contributed by atoms with Crippen molar-refractivity contribution in [3.63, 3.8) is 0 Å². The lowest BCUT2D eigenvalue weighted by molar-refractivity contribution is -0.384. The third kappa shape index (κ3) is 4.21. The van der Waals surface area contributed by atoms with Crippen LogP contribution in [0, 0.1) is 24.0 Å². The fourth-order valence-electron chi connectivity index (χ4n) is 4.05. The molecule has 2 aliphatic rings. The number of nitro groups is 1. The maximum Gasteiger partial charge on any atom is 0.311 e. The normalized spacial score (nSPS) is 17.9. The molecule has 0 amide bonds. The van der Waals surface area contributed by atoms with Crippen molar-refractivity contribution in [2.45, 2.75) is 51.6 Å². The largest absolute Gasteiger partial charge is 0.389 e. The number of aromatic nitrogens is 2. The van der Waals surface area contributed by atoms with Gasteiger partial charge >= 0.3 is 5.69 Å². The SMILES string of the molecule is Cc1cccc(CCC2=NOC3(CCN(c4nc(C)ccc4[N+](=O)[O-])CC3)C2)n1. The Kier molecular flexibility index (Phi) is 5.17. The molecule has 1 fully saturated rings. The molecule has 0 unspecified atom stereocenters. The summed E-state index contributed by atoms with van der Waals surface area (Å²) in [5.74, 6) is 0.453. The van der Waals surface area contributed by atoms with Crippen molar-refractivity contribution >= 4 is 17.2 Å². The van der Waals surface area contributed by atoms with E-state index in [9.17, 15) is 10.1 Å². The van der Waals surface area contributed by atoms with Crippen LogP contribution in [0.1, 0.15) is 42.8 Å². The second kappa shape index (κ2) is 7.77. The lowest BCUT2D eigenvalue weighted by atomic mass is 9.86. The van der Waals surface area contributed by atoms with Gasteiger partial charge in [0.1, 0.15) is 5.60 Å². The first kappa shape index (κ1) is 19.3. The van der Waals surface area contributed by atoms with E-state index in [0.29, 0.717) is 18.9 Å². The molecule has 0 saturated carbocycles. The van der Waals surface area contributed by atoms with Crippen LogP contribution in [-0.4, -0.2) is 39.3 Å². The average Bonchev–Trinajstić information content (AvgIpc) is 3.09. The molecule has 152 valence electrons. The Balaban J connectivity index is 1.36. The molecular formula is C21H25N5O3. The molecule has 2 aromatic heterocycles. The predicted molar refractivity (Wildman–Crippen MR) is 110 cm³/mol. The van der Waals surface area contributed by atoms with Gasteiger partial charge in [0.2, 0.25) is 5.82 Å². The van der Waals surface area contributed by atoms with Crippen molar-refractivity contribution in [1.82, 2.24) is 9.97 Å². The minimum absolute atomic E-state index is 0.0569. The van der Waals surface area contributed by atoms with E-state index in [1.54, 1.807) is 6.07 Å². The molecule has 1 saturated heterocycles. The molecule has 4 rings (SSSR count). The smallest absolute Gasteiger partial charge is 0.311 e. The number of aryl methyl sites for hydroxylation is 3. The number of oxime groups is 1. The summed E-state index contributed by atoms with van der Waals surface area (Å²) < 4.78 is 0. The summed E-state index contributed by atoms with van der Waals surface area (Å²) in [6.45, 7) is 5.18. The first-order valence-electron chi connectivity index (χ1n) is 9.98. The molecule has 29 heavy (non-hydrogen) atoms. The zero-order valence-corrected chi connectivity index (χ0v) is 16.8. The summed E-state index contributed by atoms with van der Waals surface area (Å²) >= 11 is 0. The van der Waals surface area contributed by atoms with Gasteiger partial charge in [-0.25, -0.2) is 4.98 Å². The summed E-state index contributed by atoms with van der Waals surface area (Å²) in [4.78, 5) is 27.9. The fraction of sp³-hybridized carbons (Fsp3) is 0.476. The van der Waals surface area contributed by atoms with Crippen LogP contribution in [-0.2, 0) is 11.3 Å². The number of hydrogen-bond donors (Lipinski definition) is 0. The van der Waals surface area contributed by atoms with E-state index in [1.807, 2.05) is 36.9 Å². The molecule has 0 bridgehead atoms. The fourth-order valence-corrected chi connectivity index (χ4v) is 4.05. The summed E-state index contributed by atoms with van der Waals surface area (Å²) in [7, 11) is 0. The van der Waals surface area contributed by atoms with E-state index in [4.69, 9.17) is 4.84 Å². The molecule has 8 nitrogen and oxygen atoms in total. The first-order chi connectivity index (χ1) is 13.9. The second-order valence-corrected chi connectivity index (χ2v) is 7.92. The van der Waals surface area contributed by atoms with Crippen LogP contribution in [0.25, 0.3) is 0 Å². The summed E-state index contributed by atoms with van der Waals surface area (Å²) in [5.41, 5.74) is 3.71. The van der Waals surface area contributed by atoms with Crippen molar-refractivity contribution in [3.05, 3.63) is 57.5 Å². The Hall–Kier alpha value is -3.03. The second-order valence-electron chi connectivity index (χ2n) is 7.92. The number of rotatable bonds is 5. The number of nitrogens with zero attached hydrogens (tertiary/aromatic N) is 5. The maximum atomic E-state index is 11.4. The van der Waals surface area contributed by atoms with Crippen molar-refractivity contribution < 1.29 is 9.76 Å². The Morgan fingerprint density at radius 3 is 2.59 bits per heavy atom. The van der Waals surface area contributed by atoms with Crippen LogP contribution in [0.4, 0.5) is 11.5 Å². The van der Waals surface area contributed by atoms with Crippen molar-refractivity contribution in [2.75, 3.05) is 18.0 Å². The Morgan fingerprint density at radius 1 is 1.10 bits per heavy atom. The molecule has 0 radical (unpaired) electrons. The molecule has 2 aliphatic heterocycles. The van der Waals surface area contributed by atoms with Gasteiger partial charge in [-0.3, -0.25) is 15.1 Å². The maximum absolute atomic E-state index is 11.4. The number of anilines is 1. The van der Waals surface area contributed by atoms with Gasteiger partial charge < -0.3 is 9.74 Å². The number of pyridine rings is 2. The lowest BCUT2D eigenvalue weighted by Gasteiger charge is -2.37. The lowest BCUT2D eigenvalue weighted by Crippen LogP contribution is -2.45. The highest BCUT2D eigenvalue weighted by molar-refractivity contribution is 5.86. The van der Waals surface area contributed by atoms with Crippen LogP contribution in [0.2, 0.25) is 0 Å². The summed E-state index contributed by atoms with van der Waals surface area (Å²) in [5, 5.41) is 15.7. The molecule has 0 aliphatic carbocycles. The standard InChI is InChI=1S/C21H25N5O3/c1-15-4-3-5-17(22-15)7-8-18-14-21(29-24-18)10-12-25(13-11-21)20-19(26(27)28)9-6-16(2)23-20/h3-6,9H,7-8,10-14H2,1-2H3. The van der Waals surface area contributed by atoms with Gasteiger partial charge in [-0.15, -0.1) is 0 Å². The zero-order chi connectivity index (χ0) is 20.4. The number of piperidine rings is 1. The monoisotopic (exact) mass is 395 g/mol. The zero-order valence-electron chi connectivity index (χ0n) is 16.8. The van der Waals surface area contributed by atoms with Crippen LogP contribution in [0.5, 0.6) is 0 Å². The first-order valence-corrected chi connectivity index (χ1v) is 9.98. The Labute approximate surface area is 169 Å². The minimum Gasteiger partial charge on any atom is -0.389 e. The van der Waals surface area contributed by atoms with Crippen molar-refractivity contribution in [1.29, 1.82) is 0 Å². The average molecular weight is 395 g/mol. The molecule has 0 atom stereocenters. The van der Waals surface area contributed by atoms with Gasteiger partial charge in [0.15, 0.2) is 0 Å². The highest BCUT2D eigenvalue weighted by Gasteiger charge is 2.42. The van der Waals surface area contributed by atoms with E-state index in [2.05, 4.69) is 15.1 Å². The van der Waals surface area contributed by atoms with E-state index >= 15 is 0 Å². The van der Waals surface area contributed by atoms with Crippen LogP contribution < -0.4 is 4.90 Å². The van der Waals surface area contributed by atoms with Gasteiger partial charge in [-0.1, -0.05) is 11.2 Å². The van der Waals surface area contributed by atoms with Gasteiger partial charge in [0.05, 0.1) is 10.6 Å². The van der Waals surface area contributed by atoms with E-state index in [0.717, 1.165) is 54.9 Å². The van der Waals surface area contributed by atoms with E-state index < -0.39 is 0 Å². The van der Waals surface area contributed by atoms with Gasteiger partial charge in [-0.2, -0.15) is 0 Å². The van der Waals surface area contributed by atoms with Gasteiger partial charge in [0, 0.05) is 55.5 Å². The summed E-state index contributed by atoms with van der Waals surface area (Å²) in [6, 6.07) is 9.28. The molecule has 0 aromatic carbocycles. The molecule has 8 heteroatoms. The van der Waals surface area contributed by atoms with Crippen molar-refractivity contribution in [2.24, 2.45) is 5.16 Å². The Bertz CT molecular complexity index is 951. The third-order valence-electron chi connectivity index (χ3n) is 5.68. The van der Waals surface area contributed by atoms with Gasteiger partial charge in [-0.05, 0) is 44.9 Å². The van der Waals surface area contributed by atoms with Gasteiger partial charge in [0.25, 0.3) is 0 Å². The molecule has 1 spiro atoms. The highest BCUT2D eigenvalue weighted by Crippen LogP contribution is 2.38. The summed E-state index contributed by atoms with van der Waals surface area (Å²) in [6.07, 6.45) is 4.05. The Morgan fingerprint density at radius 2 is 1.86 bits per heavy atom. The highest BCUT2D eigenvalue weighted by atomic mass is 16.7. The molecule has 4 heterocycles. The van der Waals surface area contributed by atoms with E-state index in [-0.39, 0.29) is 16.2 Å². The molecule has 2 aromatic rings. The quantitative estimate of drug-likeness (QED) is 0.565. The topological polar surface area (TPSA) is 93.8 Å². The third-order valence-corrected chi connectivity index (χ3v) is 5.68. The van der Waals surface area contributed by atoms with Crippen LogP contribution >= 0.6 is 0 Å². The number of hydrogen-bond acceptors (Lipinski definition) is 7. The van der Waals surface area contributed by atoms with E-state index in [1.165, 1.54) is 6.07 Å². The minimum atomic E-state index is -0.362. The molecular weight excluding hydrogens is 370 g/mol. The molecule has 0 N–H and O–H groups in total.